The van der Waals surface area contributed by atoms with Crippen LogP contribution < -0.4 is 14.8 Å². The molecule has 2 aromatic carbocycles. The summed E-state index contributed by atoms with van der Waals surface area (Å²) in [7, 11) is 0.156. The molecule has 1 amide bonds. The van der Waals surface area contributed by atoms with Gasteiger partial charge in [-0.1, -0.05) is 6.07 Å². The molecule has 32 heavy (non-hydrogen) atoms. The first kappa shape index (κ1) is 23.8. The summed E-state index contributed by atoms with van der Waals surface area (Å²) >= 11 is 1.64. The average molecular weight is 474 g/mol. The molecule has 9 heteroatoms. The first-order valence-corrected chi connectivity index (χ1v) is 12.5. The molecular formula is C23H27N3O4S2. The molecule has 0 aliphatic carbocycles. The summed E-state index contributed by atoms with van der Waals surface area (Å²) < 4.78 is 33.2. The zero-order valence-corrected chi connectivity index (χ0v) is 19.9. The number of ether oxygens (including phenoxy) is 1. The van der Waals surface area contributed by atoms with Gasteiger partial charge < -0.3 is 15.0 Å². The maximum absolute atomic E-state index is 12.7. The van der Waals surface area contributed by atoms with Crippen LogP contribution >= 0.6 is 11.3 Å². The summed E-state index contributed by atoms with van der Waals surface area (Å²) in [6.45, 7) is 2.87. The van der Waals surface area contributed by atoms with Crippen LogP contribution in [0, 0.1) is 0 Å². The number of hydrogen-bond donors (Lipinski definition) is 2. The third-order valence-electron chi connectivity index (χ3n) is 4.80. The molecule has 1 unspecified atom stereocenters. The summed E-state index contributed by atoms with van der Waals surface area (Å²) in [4.78, 5) is 15.9. The number of anilines is 1. The van der Waals surface area contributed by atoms with Gasteiger partial charge in [-0.05, 0) is 81.0 Å². The topological polar surface area (TPSA) is 87.7 Å². The number of thiophene rings is 1. The summed E-state index contributed by atoms with van der Waals surface area (Å²) in [6, 6.07) is 16.6. The molecule has 0 saturated carbocycles. The van der Waals surface area contributed by atoms with E-state index >= 15 is 0 Å². The van der Waals surface area contributed by atoms with E-state index in [1.165, 1.54) is 24.3 Å². The Bertz CT molecular complexity index is 1110. The van der Waals surface area contributed by atoms with Crippen molar-refractivity contribution in [2.24, 2.45) is 0 Å². The number of nitrogens with one attached hydrogen (secondary N) is 2. The number of carbonyl (C=O) groups is 1. The highest BCUT2D eigenvalue weighted by Gasteiger charge is 2.18. The van der Waals surface area contributed by atoms with Crippen LogP contribution in [-0.4, -0.2) is 46.5 Å². The maximum atomic E-state index is 12.7. The third-order valence-corrected chi connectivity index (χ3v) is 7.17. The van der Waals surface area contributed by atoms with Crippen LogP contribution in [0.15, 0.2) is 70.9 Å². The first-order valence-electron chi connectivity index (χ1n) is 10.1. The molecule has 7 nitrogen and oxygen atoms in total. The highest BCUT2D eigenvalue weighted by Crippen LogP contribution is 2.23. The minimum absolute atomic E-state index is 0.0666. The van der Waals surface area contributed by atoms with Gasteiger partial charge in [-0.25, -0.2) is 8.42 Å². The predicted octanol–water partition coefficient (Wildman–Crippen LogP) is 3.98. The number of nitrogens with zero attached hydrogens (tertiary/aromatic N) is 1. The van der Waals surface area contributed by atoms with Gasteiger partial charge in [0.15, 0.2) is 0 Å². The smallest absolute Gasteiger partial charge is 0.261 e. The van der Waals surface area contributed by atoms with Crippen molar-refractivity contribution in [3.63, 3.8) is 0 Å². The van der Waals surface area contributed by atoms with Crippen molar-refractivity contribution < 1.29 is 17.9 Å². The van der Waals surface area contributed by atoms with Crippen LogP contribution in [0.3, 0.4) is 0 Å². The van der Waals surface area contributed by atoms with Crippen molar-refractivity contribution in [1.82, 2.24) is 10.2 Å². The Labute approximate surface area is 193 Å². The quantitative estimate of drug-likeness (QED) is 0.465. The van der Waals surface area contributed by atoms with Crippen molar-refractivity contribution in [1.29, 1.82) is 0 Å². The van der Waals surface area contributed by atoms with Gasteiger partial charge in [-0.2, -0.15) is 0 Å². The van der Waals surface area contributed by atoms with Gasteiger partial charge in [0.05, 0.1) is 17.5 Å². The molecular weight excluding hydrogens is 446 g/mol. The van der Waals surface area contributed by atoms with E-state index in [0.717, 1.165) is 4.88 Å². The fourth-order valence-electron chi connectivity index (χ4n) is 3.10. The Kier molecular flexibility index (Phi) is 7.89. The van der Waals surface area contributed by atoms with E-state index in [1.807, 2.05) is 43.4 Å². The average Bonchev–Trinajstić information content (AvgIpc) is 3.29. The second kappa shape index (κ2) is 10.6. The zero-order valence-electron chi connectivity index (χ0n) is 18.2. The van der Waals surface area contributed by atoms with E-state index in [1.54, 1.807) is 35.6 Å². The lowest BCUT2D eigenvalue weighted by Gasteiger charge is -2.23. The SMILES string of the molecule is CCOc1ccc(NS(=O)(=O)c2ccc(C(=O)NCC(c3cccs3)N(C)C)cc2)cc1. The van der Waals surface area contributed by atoms with Crippen molar-refractivity contribution >= 4 is 33.0 Å². The fraction of sp³-hybridized carbons (Fsp3) is 0.261. The number of rotatable bonds is 10. The van der Waals surface area contributed by atoms with Crippen LogP contribution in [0.25, 0.3) is 0 Å². The Morgan fingerprint density at radius 3 is 2.31 bits per heavy atom. The van der Waals surface area contributed by atoms with Gasteiger partial charge in [0, 0.05) is 22.7 Å². The minimum atomic E-state index is -3.78. The van der Waals surface area contributed by atoms with E-state index in [4.69, 9.17) is 4.74 Å². The number of sulfonamides is 1. The Balaban J connectivity index is 1.63. The molecule has 0 saturated heterocycles. The molecule has 1 heterocycles. The Morgan fingerprint density at radius 2 is 1.75 bits per heavy atom. The molecule has 2 N–H and O–H groups in total. The van der Waals surface area contributed by atoms with E-state index in [-0.39, 0.29) is 16.8 Å². The van der Waals surface area contributed by atoms with Gasteiger partial charge >= 0.3 is 0 Å². The van der Waals surface area contributed by atoms with Gasteiger partial charge in [-0.15, -0.1) is 11.3 Å². The third kappa shape index (κ3) is 6.09. The summed E-state index contributed by atoms with van der Waals surface area (Å²) in [5, 5.41) is 4.94. The molecule has 3 rings (SSSR count). The van der Waals surface area contributed by atoms with Crippen LogP contribution in [0.2, 0.25) is 0 Å². The largest absolute Gasteiger partial charge is 0.494 e. The van der Waals surface area contributed by atoms with E-state index in [2.05, 4.69) is 10.0 Å². The molecule has 3 aromatic rings. The Hall–Kier alpha value is -2.88. The first-order chi connectivity index (χ1) is 15.3. The second-order valence-corrected chi connectivity index (χ2v) is 9.95. The van der Waals surface area contributed by atoms with Crippen molar-refractivity contribution in [3.05, 3.63) is 76.5 Å². The van der Waals surface area contributed by atoms with Crippen LogP contribution in [0.4, 0.5) is 5.69 Å². The molecule has 0 aliphatic rings. The number of benzene rings is 2. The molecule has 0 spiro atoms. The Morgan fingerprint density at radius 1 is 1.06 bits per heavy atom. The molecule has 0 aliphatic heterocycles. The molecule has 0 bridgehead atoms. The molecule has 170 valence electrons. The highest BCUT2D eigenvalue weighted by atomic mass is 32.2. The van der Waals surface area contributed by atoms with Gasteiger partial charge in [-0.3, -0.25) is 9.52 Å². The van der Waals surface area contributed by atoms with E-state index < -0.39 is 10.0 Å². The van der Waals surface area contributed by atoms with E-state index in [9.17, 15) is 13.2 Å². The molecule has 0 fully saturated rings. The van der Waals surface area contributed by atoms with Crippen LogP contribution in [0.1, 0.15) is 28.2 Å². The number of carbonyl (C=O) groups excluding carboxylic acids is 1. The predicted molar refractivity (Wildman–Crippen MR) is 128 cm³/mol. The van der Waals surface area contributed by atoms with Crippen LogP contribution in [0.5, 0.6) is 5.75 Å². The second-order valence-electron chi connectivity index (χ2n) is 7.29. The molecule has 1 atom stereocenters. The summed E-state index contributed by atoms with van der Waals surface area (Å²) in [5.41, 5.74) is 0.826. The van der Waals surface area contributed by atoms with Crippen molar-refractivity contribution in [2.45, 2.75) is 17.9 Å². The standard InChI is InChI=1S/C23H27N3O4S2/c1-4-30-19-11-9-18(10-12-19)25-32(28,29)20-13-7-17(8-14-20)23(27)24-16-21(26(2)3)22-6-5-15-31-22/h5-15,21,25H,4,16H2,1-3H3,(H,24,27). The van der Waals surface area contributed by atoms with Crippen LogP contribution in [-0.2, 0) is 10.0 Å². The summed E-state index contributed by atoms with van der Waals surface area (Å²) in [5.74, 6) is 0.415. The highest BCUT2D eigenvalue weighted by molar-refractivity contribution is 7.92. The van der Waals surface area contributed by atoms with Gasteiger partial charge in [0.1, 0.15) is 5.75 Å². The van der Waals surface area contributed by atoms with Gasteiger partial charge in [0.2, 0.25) is 0 Å². The van der Waals surface area contributed by atoms with Gasteiger partial charge in [0.25, 0.3) is 15.9 Å². The number of hydrogen-bond acceptors (Lipinski definition) is 6. The van der Waals surface area contributed by atoms with E-state index in [0.29, 0.717) is 30.2 Å². The normalized spacial score (nSPS) is 12.4. The summed E-state index contributed by atoms with van der Waals surface area (Å²) in [6.07, 6.45) is 0. The monoisotopic (exact) mass is 473 g/mol. The molecule has 0 radical (unpaired) electrons. The number of likely N-dealkylation sites (N-methyl/N-ethyl adjacent to an activating group) is 1. The lowest BCUT2D eigenvalue weighted by atomic mass is 10.2. The lowest BCUT2D eigenvalue weighted by molar-refractivity contribution is 0.0942. The minimum Gasteiger partial charge on any atom is -0.494 e. The zero-order chi connectivity index (χ0) is 23.1. The fourth-order valence-corrected chi connectivity index (χ4v) is 5.08. The maximum Gasteiger partial charge on any atom is 0.261 e. The number of amides is 1. The lowest BCUT2D eigenvalue weighted by Crippen LogP contribution is -2.34. The van der Waals surface area contributed by atoms with Crippen molar-refractivity contribution in [2.75, 3.05) is 32.0 Å². The van der Waals surface area contributed by atoms with Crippen molar-refractivity contribution in [3.8, 4) is 5.75 Å². The molecule has 1 aromatic heterocycles.